The summed E-state index contributed by atoms with van der Waals surface area (Å²) in [6.45, 7) is -0.552. The van der Waals surface area contributed by atoms with Gasteiger partial charge in [0.05, 0.1) is 6.61 Å². The summed E-state index contributed by atoms with van der Waals surface area (Å²) in [5, 5.41) is 39.2. The number of carbonyl (C=O) groups is 1. The van der Waals surface area contributed by atoms with Crippen molar-refractivity contribution in [3.05, 3.63) is 10.4 Å². The fourth-order valence-electron chi connectivity index (χ4n) is 1.22. The Kier molecular flexibility index (Phi) is 3.12. The SMILES string of the molecule is [N-]=[N+]=NC1(C(=O)O)OCC(O)C(O)C1O. The Labute approximate surface area is 83.1 Å². The second-order valence-electron chi connectivity index (χ2n) is 3.00. The Morgan fingerprint density at radius 2 is 2.13 bits per heavy atom. The zero-order valence-corrected chi connectivity index (χ0v) is 7.39. The number of aliphatic carboxylic acids is 1. The molecule has 15 heavy (non-hydrogen) atoms. The van der Waals surface area contributed by atoms with Crippen molar-refractivity contribution in [1.29, 1.82) is 0 Å². The van der Waals surface area contributed by atoms with Crippen LogP contribution in [0.1, 0.15) is 0 Å². The molecule has 9 heteroatoms. The molecule has 0 spiro atoms. The normalized spacial score (nSPS) is 40.6. The van der Waals surface area contributed by atoms with E-state index in [-0.39, 0.29) is 0 Å². The summed E-state index contributed by atoms with van der Waals surface area (Å²) < 4.78 is 4.58. The van der Waals surface area contributed by atoms with Gasteiger partial charge in [-0.15, -0.1) is 0 Å². The van der Waals surface area contributed by atoms with E-state index in [0.717, 1.165) is 0 Å². The largest absolute Gasteiger partial charge is 0.479 e. The van der Waals surface area contributed by atoms with Crippen LogP contribution in [-0.4, -0.2) is 57.0 Å². The van der Waals surface area contributed by atoms with Gasteiger partial charge in [0.1, 0.15) is 18.3 Å². The average Bonchev–Trinajstić information content (AvgIpc) is 2.19. The number of rotatable bonds is 2. The van der Waals surface area contributed by atoms with E-state index < -0.39 is 36.6 Å². The Hall–Kier alpha value is -1.38. The predicted octanol–water partition coefficient (Wildman–Crippen LogP) is -1.81. The number of aliphatic hydroxyl groups excluding tert-OH is 3. The van der Waals surface area contributed by atoms with E-state index in [9.17, 15) is 15.0 Å². The van der Waals surface area contributed by atoms with Gasteiger partial charge >= 0.3 is 5.97 Å². The van der Waals surface area contributed by atoms with Crippen molar-refractivity contribution in [3.63, 3.8) is 0 Å². The van der Waals surface area contributed by atoms with Crippen molar-refractivity contribution in [2.45, 2.75) is 24.0 Å². The van der Waals surface area contributed by atoms with Crippen molar-refractivity contribution >= 4 is 5.97 Å². The molecule has 0 aromatic carbocycles. The first-order valence-electron chi connectivity index (χ1n) is 3.93. The van der Waals surface area contributed by atoms with E-state index in [1.54, 1.807) is 0 Å². The molecule has 1 fully saturated rings. The Morgan fingerprint density at radius 3 is 2.60 bits per heavy atom. The van der Waals surface area contributed by atoms with E-state index >= 15 is 0 Å². The average molecular weight is 219 g/mol. The molecule has 4 atom stereocenters. The molecular formula is C6H9N3O6. The monoisotopic (exact) mass is 219 g/mol. The van der Waals surface area contributed by atoms with Crippen LogP contribution in [0.4, 0.5) is 0 Å². The lowest BCUT2D eigenvalue weighted by Crippen LogP contribution is -2.63. The highest BCUT2D eigenvalue weighted by atomic mass is 16.6. The number of hydrogen-bond acceptors (Lipinski definition) is 6. The van der Waals surface area contributed by atoms with Gasteiger partial charge in [0.25, 0.3) is 5.72 Å². The number of azide groups is 1. The molecule has 0 bridgehead atoms. The van der Waals surface area contributed by atoms with Crippen LogP contribution in [0.3, 0.4) is 0 Å². The van der Waals surface area contributed by atoms with Gasteiger partial charge in [-0.25, -0.2) is 4.79 Å². The molecule has 1 aliphatic rings. The first-order valence-corrected chi connectivity index (χ1v) is 3.93. The summed E-state index contributed by atoms with van der Waals surface area (Å²) >= 11 is 0. The fraction of sp³-hybridized carbons (Fsp3) is 0.833. The maximum Gasteiger partial charge on any atom is 0.345 e. The van der Waals surface area contributed by atoms with Crippen molar-refractivity contribution in [1.82, 2.24) is 0 Å². The molecule has 1 heterocycles. The molecule has 1 rings (SSSR count). The van der Waals surface area contributed by atoms with E-state index in [1.807, 2.05) is 0 Å². The van der Waals surface area contributed by atoms with Crippen LogP contribution < -0.4 is 0 Å². The standard InChI is InChI=1S/C6H9N3O6/c7-9-8-6(5(13)14)4(12)3(11)2(10)1-15-6/h2-4,10-12H,1H2,(H,13,14). The molecule has 0 saturated carbocycles. The number of carboxylic acid groups (broad SMARTS) is 1. The van der Waals surface area contributed by atoms with Crippen LogP contribution in [0.15, 0.2) is 5.11 Å². The molecule has 84 valence electrons. The first kappa shape index (κ1) is 11.7. The molecule has 0 amide bonds. The van der Waals surface area contributed by atoms with Gasteiger partial charge in [-0.2, -0.15) is 0 Å². The van der Waals surface area contributed by atoms with Gasteiger partial charge in [0.2, 0.25) is 0 Å². The van der Waals surface area contributed by atoms with E-state index in [2.05, 4.69) is 14.8 Å². The summed E-state index contributed by atoms with van der Waals surface area (Å²) in [6.07, 6.45) is -5.21. The lowest BCUT2D eigenvalue weighted by atomic mass is 9.95. The fourth-order valence-corrected chi connectivity index (χ4v) is 1.22. The minimum atomic E-state index is -2.59. The van der Waals surface area contributed by atoms with Crippen molar-refractivity contribution in [2.75, 3.05) is 6.61 Å². The van der Waals surface area contributed by atoms with Crippen molar-refractivity contribution in [2.24, 2.45) is 5.11 Å². The molecule has 9 nitrogen and oxygen atoms in total. The second kappa shape index (κ2) is 4.01. The van der Waals surface area contributed by atoms with Crippen LogP contribution >= 0.6 is 0 Å². The lowest BCUT2D eigenvalue weighted by Gasteiger charge is -2.39. The van der Waals surface area contributed by atoms with E-state index in [4.69, 9.17) is 15.7 Å². The van der Waals surface area contributed by atoms with Gasteiger partial charge in [-0.05, 0) is 10.6 Å². The van der Waals surface area contributed by atoms with Crippen molar-refractivity contribution < 1.29 is 30.0 Å². The highest BCUT2D eigenvalue weighted by Crippen LogP contribution is 2.28. The number of hydrogen-bond donors (Lipinski definition) is 4. The zero-order valence-electron chi connectivity index (χ0n) is 7.39. The van der Waals surface area contributed by atoms with Gasteiger partial charge in [0, 0.05) is 4.91 Å². The molecule has 0 radical (unpaired) electrons. The highest BCUT2D eigenvalue weighted by molar-refractivity contribution is 5.78. The van der Waals surface area contributed by atoms with Crippen LogP contribution in [0.5, 0.6) is 0 Å². The van der Waals surface area contributed by atoms with Crippen LogP contribution in [0.2, 0.25) is 0 Å². The summed E-state index contributed by atoms with van der Waals surface area (Å²) in [4.78, 5) is 13.0. The first-order chi connectivity index (χ1) is 6.95. The molecule has 4 N–H and O–H groups in total. The minimum Gasteiger partial charge on any atom is -0.479 e. The van der Waals surface area contributed by atoms with Crippen LogP contribution in [-0.2, 0) is 9.53 Å². The molecular weight excluding hydrogens is 210 g/mol. The number of nitrogens with zero attached hydrogens (tertiary/aromatic N) is 3. The van der Waals surface area contributed by atoms with Crippen LogP contribution in [0, 0.1) is 0 Å². The van der Waals surface area contributed by atoms with E-state index in [1.165, 1.54) is 0 Å². The number of ether oxygens (including phenoxy) is 1. The topological polar surface area (TPSA) is 156 Å². The van der Waals surface area contributed by atoms with Gasteiger partial charge in [-0.1, -0.05) is 0 Å². The van der Waals surface area contributed by atoms with E-state index in [0.29, 0.717) is 0 Å². The van der Waals surface area contributed by atoms with Gasteiger partial charge in [0.15, 0.2) is 0 Å². The number of carboxylic acids is 1. The summed E-state index contributed by atoms with van der Waals surface area (Å²) in [7, 11) is 0. The summed E-state index contributed by atoms with van der Waals surface area (Å²) in [5.74, 6) is -1.74. The second-order valence-corrected chi connectivity index (χ2v) is 3.00. The van der Waals surface area contributed by atoms with Gasteiger partial charge < -0.3 is 25.2 Å². The summed E-state index contributed by atoms with van der Waals surface area (Å²) in [5.41, 5.74) is 5.57. The quantitative estimate of drug-likeness (QED) is 0.243. The molecule has 1 aliphatic heterocycles. The highest BCUT2D eigenvalue weighted by Gasteiger charge is 2.55. The molecule has 4 unspecified atom stereocenters. The third-order valence-corrected chi connectivity index (χ3v) is 2.09. The third kappa shape index (κ3) is 1.74. The Morgan fingerprint density at radius 1 is 1.53 bits per heavy atom. The Balaban J connectivity index is 3.09. The molecule has 0 aromatic rings. The van der Waals surface area contributed by atoms with Gasteiger partial charge in [-0.3, -0.25) is 0 Å². The molecule has 0 aliphatic carbocycles. The summed E-state index contributed by atoms with van der Waals surface area (Å²) in [6, 6.07) is 0. The maximum atomic E-state index is 10.8. The lowest BCUT2D eigenvalue weighted by molar-refractivity contribution is -0.239. The molecule has 0 aromatic heterocycles. The number of aliphatic hydroxyl groups is 3. The zero-order chi connectivity index (χ0) is 11.6. The predicted molar refractivity (Wildman–Crippen MR) is 43.5 cm³/mol. The smallest absolute Gasteiger partial charge is 0.345 e. The third-order valence-electron chi connectivity index (χ3n) is 2.09. The minimum absolute atomic E-state index is 0.552. The van der Waals surface area contributed by atoms with Crippen molar-refractivity contribution in [3.8, 4) is 0 Å². The molecule has 1 saturated heterocycles. The van der Waals surface area contributed by atoms with Crippen LogP contribution in [0.25, 0.3) is 10.4 Å². The maximum absolute atomic E-state index is 10.8. The Bertz CT molecular complexity index is 312.